The Hall–Kier alpha value is -2.14. The molecule has 104 valence electrons. The second kappa shape index (κ2) is 6.34. The number of benzene rings is 1. The second-order valence-corrected chi connectivity index (χ2v) is 4.64. The monoisotopic (exact) mass is 291 g/mol. The summed E-state index contributed by atoms with van der Waals surface area (Å²) in [4.78, 5) is 15.0. The number of nitrogens with one attached hydrogen (secondary N) is 1. The van der Waals surface area contributed by atoms with Gasteiger partial charge in [0, 0.05) is 18.2 Å². The van der Waals surface area contributed by atoms with Gasteiger partial charge in [-0.1, -0.05) is 36.7 Å². The average molecular weight is 292 g/mol. The smallest absolute Gasteiger partial charge is 0.295 e. The van der Waals surface area contributed by atoms with Gasteiger partial charge in [-0.05, 0) is 18.6 Å². The van der Waals surface area contributed by atoms with E-state index < -0.39 is 4.92 Å². The molecule has 0 radical (unpaired) electrons. The van der Waals surface area contributed by atoms with Crippen LogP contribution in [-0.4, -0.2) is 16.5 Å². The fourth-order valence-corrected chi connectivity index (χ4v) is 2.03. The Balaban J connectivity index is 2.53. The highest BCUT2D eigenvalue weighted by Crippen LogP contribution is 2.33. The standard InChI is InChI=1S/C14H14ClN3O2/c1-2-9-16-13-8-7-12(18(19)20)14(17-13)10-5-3-4-6-11(10)15/h3-8H,2,9H2,1H3,(H,16,17). The third-order valence-electron chi connectivity index (χ3n) is 2.76. The number of rotatable bonds is 5. The number of nitro groups is 1. The summed E-state index contributed by atoms with van der Waals surface area (Å²) in [5.74, 6) is 0.604. The summed E-state index contributed by atoms with van der Waals surface area (Å²) in [5.41, 5.74) is 0.780. The molecule has 0 aliphatic rings. The van der Waals surface area contributed by atoms with Gasteiger partial charge < -0.3 is 5.32 Å². The number of nitrogens with zero attached hydrogens (tertiary/aromatic N) is 2. The first kappa shape index (κ1) is 14.3. The van der Waals surface area contributed by atoms with Gasteiger partial charge in [0.05, 0.1) is 9.95 Å². The van der Waals surface area contributed by atoms with Gasteiger partial charge in [0.25, 0.3) is 5.69 Å². The van der Waals surface area contributed by atoms with Crippen LogP contribution in [0.4, 0.5) is 11.5 Å². The number of hydrogen-bond acceptors (Lipinski definition) is 4. The van der Waals surface area contributed by atoms with E-state index in [-0.39, 0.29) is 11.4 Å². The zero-order chi connectivity index (χ0) is 14.5. The highest BCUT2D eigenvalue weighted by molar-refractivity contribution is 6.33. The van der Waals surface area contributed by atoms with Crippen molar-refractivity contribution in [3.8, 4) is 11.3 Å². The van der Waals surface area contributed by atoms with Crippen LogP contribution in [0.15, 0.2) is 36.4 Å². The highest BCUT2D eigenvalue weighted by atomic mass is 35.5. The zero-order valence-corrected chi connectivity index (χ0v) is 11.7. The number of hydrogen-bond donors (Lipinski definition) is 1. The second-order valence-electron chi connectivity index (χ2n) is 4.23. The SMILES string of the molecule is CCCNc1ccc([N+](=O)[O-])c(-c2ccccc2Cl)n1. The van der Waals surface area contributed by atoms with E-state index in [1.165, 1.54) is 6.07 Å². The molecule has 20 heavy (non-hydrogen) atoms. The number of aromatic nitrogens is 1. The van der Waals surface area contributed by atoms with Gasteiger partial charge in [-0.3, -0.25) is 10.1 Å². The van der Waals surface area contributed by atoms with Crippen molar-refractivity contribution in [3.05, 3.63) is 51.5 Å². The van der Waals surface area contributed by atoms with Crippen LogP contribution < -0.4 is 5.32 Å². The van der Waals surface area contributed by atoms with E-state index in [2.05, 4.69) is 10.3 Å². The van der Waals surface area contributed by atoms with Gasteiger partial charge in [-0.25, -0.2) is 4.98 Å². The lowest BCUT2D eigenvalue weighted by molar-refractivity contribution is -0.384. The van der Waals surface area contributed by atoms with E-state index in [4.69, 9.17) is 11.6 Å². The summed E-state index contributed by atoms with van der Waals surface area (Å²) in [5, 5.41) is 14.7. The molecule has 6 heteroatoms. The molecule has 0 saturated heterocycles. The Labute approximate surface area is 121 Å². The predicted molar refractivity (Wildman–Crippen MR) is 80.1 cm³/mol. The molecule has 0 aliphatic heterocycles. The van der Waals surface area contributed by atoms with Crippen LogP contribution in [0.3, 0.4) is 0 Å². The Morgan fingerprint density at radius 2 is 2.05 bits per heavy atom. The Bertz CT molecular complexity index is 632. The summed E-state index contributed by atoms with van der Waals surface area (Å²) in [6.07, 6.45) is 0.945. The van der Waals surface area contributed by atoms with Gasteiger partial charge in [-0.15, -0.1) is 0 Å². The Kier molecular flexibility index (Phi) is 4.53. The molecule has 2 rings (SSSR count). The molecule has 0 fully saturated rings. The van der Waals surface area contributed by atoms with Crippen LogP contribution >= 0.6 is 11.6 Å². The quantitative estimate of drug-likeness (QED) is 0.664. The number of anilines is 1. The molecule has 0 amide bonds. The summed E-state index contributed by atoms with van der Waals surface area (Å²) in [6, 6.07) is 10.0. The van der Waals surface area contributed by atoms with Crippen LogP contribution in [0.2, 0.25) is 5.02 Å². The van der Waals surface area contributed by atoms with Crippen molar-refractivity contribution in [2.75, 3.05) is 11.9 Å². The first-order valence-corrected chi connectivity index (χ1v) is 6.65. The molecule has 5 nitrogen and oxygen atoms in total. The van der Waals surface area contributed by atoms with E-state index in [1.54, 1.807) is 30.3 Å². The Morgan fingerprint density at radius 3 is 2.70 bits per heavy atom. The fourth-order valence-electron chi connectivity index (χ4n) is 1.80. The van der Waals surface area contributed by atoms with Crippen molar-refractivity contribution < 1.29 is 4.92 Å². The lowest BCUT2D eigenvalue weighted by atomic mass is 10.1. The lowest BCUT2D eigenvalue weighted by Gasteiger charge is -2.08. The molecule has 1 heterocycles. The van der Waals surface area contributed by atoms with Crippen molar-refractivity contribution in [3.63, 3.8) is 0 Å². The molecule has 2 aromatic rings. The van der Waals surface area contributed by atoms with E-state index in [0.717, 1.165) is 13.0 Å². The van der Waals surface area contributed by atoms with Crippen molar-refractivity contribution >= 4 is 23.1 Å². The normalized spacial score (nSPS) is 10.3. The first-order chi connectivity index (χ1) is 9.63. The van der Waals surface area contributed by atoms with Crippen LogP contribution in [-0.2, 0) is 0 Å². The van der Waals surface area contributed by atoms with Crippen LogP contribution in [0.1, 0.15) is 13.3 Å². The summed E-state index contributed by atoms with van der Waals surface area (Å²) in [7, 11) is 0. The van der Waals surface area contributed by atoms with E-state index in [0.29, 0.717) is 16.4 Å². The Morgan fingerprint density at radius 1 is 1.30 bits per heavy atom. The third kappa shape index (κ3) is 3.05. The number of pyridine rings is 1. The molecule has 1 aromatic carbocycles. The predicted octanol–water partition coefficient (Wildman–Crippen LogP) is 4.13. The molecular weight excluding hydrogens is 278 g/mol. The van der Waals surface area contributed by atoms with E-state index >= 15 is 0 Å². The minimum atomic E-state index is -0.449. The van der Waals surface area contributed by atoms with Crippen molar-refractivity contribution in [1.29, 1.82) is 0 Å². The molecule has 0 bridgehead atoms. The van der Waals surface area contributed by atoms with Crippen molar-refractivity contribution in [2.45, 2.75) is 13.3 Å². The molecule has 0 unspecified atom stereocenters. The average Bonchev–Trinajstić information content (AvgIpc) is 2.45. The summed E-state index contributed by atoms with van der Waals surface area (Å²) < 4.78 is 0. The first-order valence-electron chi connectivity index (χ1n) is 6.27. The lowest BCUT2D eigenvalue weighted by Crippen LogP contribution is -2.04. The highest BCUT2D eigenvalue weighted by Gasteiger charge is 2.19. The third-order valence-corrected chi connectivity index (χ3v) is 3.09. The number of halogens is 1. The van der Waals surface area contributed by atoms with E-state index in [9.17, 15) is 10.1 Å². The topological polar surface area (TPSA) is 68.1 Å². The van der Waals surface area contributed by atoms with Crippen LogP contribution in [0.5, 0.6) is 0 Å². The van der Waals surface area contributed by atoms with Gasteiger partial charge in [0.2, 0.25) is 0 Å². The molecule has 0 aliphatic carbocycles. The fraction of sp³-hybridized carbons (Fsp3) is 0.214. The largest absolute Gasteiger partial charge is 0.370 e. The van der Waals surface area contributed by atoms with Crippen molar-refractivity contribution in [1.82, 2.24) is 4.98 Å². The molecule has 0 atom stereocenters. The maximum absolute atomic E-state index is 11.1. The maximum atomic E-state index is 11.1. The molecule has 1 aromatic heterocycles. The molecular formula is C14H14ClN3O2. The maximum Gasteiger partial charge on any atom is 0.295 e. The minimum Gasteiger partial charge on any atom is -0.370 e. The zero-order valence-electron chi connectivity index (χ0n) is 11.0. The van der Waals surface area contributed by atoms with Crippen LogP contribution in [0.25, 0.3) is 11.3 Å². The molecule has 0 spiro atoms. The van der Waals surface area contributed by atoms with Gasteiger partial charge >= 0.3 is 0 Å². The minimum absolute atomic E-state index is 0.0554. The van der Waals surface area contributed by atoms with Crippen LogP contribution in [0, 0.1) is 10.1 Å². The molecule has 1 N–H and O–H groups in total. The van der Waals surface area contributed by atoms with E-state index in [1.807, 2.05) is 6.92 Å². The van der Waals surface area contributed by atoms with Gasteiger partial charge in [0.15, 0.2) is 5.69 Å². The van der Waals surface area contributed by atoms with Gasteiger partial charge in [0.1, 0.15) is 5.82 Å². The molecule has 0 saturated carbocycles. The van der Waals surface area contributed by atoms with Gasteiger partial charge in [-0.2, -0.15) is 0 Å². The summed E-state index contributed by atoms with van der Waals surface area (Å²) >= 11 is 6.11. The van der Waals surface area contributed by atoms with Crippen molar-refractivity contribution in [2.24, 2.45) is 0 Å². The summed E-state index contributed by atoms with van der Waals surface area (Å²) in [6.45, 7) is 2.79.